The molecular weight excluding hydrogens is 311 g/mol. The number of aromatic nitrogens is 1. The highest BCUT2D eigenvalue weighted by Gasteiger charge is 2.36. The second-order valence-corrected chi connectivity index (χ2v) is 6.54. The van der Waals surface area contributed by atoms with Crippen LogP contribution in [0.5, 0.6) is 0 Å². The number of carbonyl (C=O) groups is 2. The molecule has 1 amide bonds. The molecule has 0 N–H and O–H groups in total. The first kappa shape index (κ1) is 14.9. The molecule has 10 heteroatoms. The molecule has 1 aromatic rings. The zero-order chi connectivity index (χ0) is 14.9. The molecule has 0 spiro atoms. The summed E-state index contributed by atoms with van der Waals surface area (Å²) in [5, 5.41) is 0. The Hall–Kier alpha value is -1.55. The number of thiazole rings is 1. The molecule has 1 saturated heterocycles. The number of hydrogen-bond acceptors (Lipinski definition) is 7. The van der Waals surface area contributed by atoms with Crippen molar-refractivity contribution in [2.45, 2.75) is 6.42 Å². The van der Waals surface area contributed by atoms with Gasteiger partial charge in [0.25, 0.3) is 0 Å². The molecule has 0 bridgehead atoms. The average Bonchev–Trinajstić information content (AvgIpc) is 2.92. The molecule has 0 aromatic carbocycles. The van der Waals surface area contributed by atoms with Crippen molar-refractivity contribution in [3.05, 3.63) is 10.4 Å². The Morgan fingerprint density at radius 2 is 2.35 bits per heavy atom. The van der Waals surface area contributed by atoms with Crippen LogP contribution in [-0.2, 0) is 19.8 Å². The predicted octanol–water partition coefficient (Wildman–Crippen LogP) is 0.582. The van der Waals surface area contributed by atoms with Gasteiger partial charge in [-0.3, -0.25) is 9.69 Å². The number of nitrogens with zero attached hydrogens (tertiary/aromatic N) is 2. The molecule has 110 valence electrons. The number of carbonyl (C=O) groups excluding carboxylic acids is 2. The standard InChI is InChI=1S/C10H11FN2O5S2/c1-18-10(15)8-9(12-5-19-8)13-3-6(2-7(13)14)4-20(11,16)17/h5-6H,2-4H2,1H3. The van der Waals surface area contributed by atoms with Gasteiger partial charge in [0.05, 0.1) is 18.4 Å². The minimum absolute atomic E-state index is 0.00963. The lowest BCUT2D eigenvalue weighted by molar-refractivity contribution is -0.117. The number of anilines is 1. The van der Waals surface area contributed by atoms with Crippen LogP contribution in [0.2, 0.25) is 0 Å². The van der Waals surface area contributed by atoms with Crippen LogP contribution in [0.25, 0.3) is 0 Å². The quantitative estimate of drug-likeness (QED) is 0.594. The summed E-state index contributed by atoms with van der Waals surface area (Å²) in [7, 11) is -3.44. The van der Waals surface area contributed by atoms with Gasteiger partial charge in [-0.2, -0.15) is 8.42 Å². The number of methoxy groups -OCH3 is 1. The summed E-state index contributed by atoms with van der Waals surface area (Å²) in [4.78, 5) is 28.7. The Morgan fingerprint density at radius 1 is 1.65 bits per heavy atom. The molecule has 20 heavy (non-hydrogen) atoms. The van der Waals surface area contributed by atoms with E-state index in [0.29, 0.717) is 0 Å². The van der Waals surface area contributed by atoms with Crippen LogP contribution in [0.1, 0.15) is 16.1 Å². The Morgan fingerprint density at radius 3 is 2.95 bits per heavy atom. The summed E-state index contributed by atoms with van der Waals surface area (Å²) in [5.74, 6) is -2.26. The fourth-order valence-electron chi connectivity index (χ4n) is 2.04. The van der Waals surface area contributed by atoms with E-state index in [1.807, 2.05) is 0 Å². The van der Waals surface area contributed by atoms with Gasteiger partial charge in [-0.15, -0.1) is 15.2 Å². The minimum atomic E-state index is -4.64. The van der Waals surface area contributed by atoms with Crippen molar-refractivity contribution in [1.82, 2.24) is 4.98 Å². The van der Waals surface area contributed by atoms with Gasteiger partial charge in [-0.05, 0) is 0 Å². The molecule has 1 unspecified atom stereocenters. The van der Waals surface area contributed by atoms with Crippen molar-refractivity contribution in [2.24, 2.45) is 5.92 Å². The third kappa shape index (κ3) is 3.12. The van der Waals surface area contributed by atoms with Crippen molar-refractivity contribution in [3.8, 4) is 0 Å². The van der Waals surface area contributed by atoms with Gasteiger partial charge in [-0.1, -0.05) is 0 Å². The molecule has 1 atom stereocenters. The second-order valence-electron chi connectivity index (χ2n) is 4.28. The van der Waals surface area contributed by atoms with E-state index < -0.39 is 33.8 Å². The minimum Gasteiger partial charge on any atom is -0.465 e. The topological polar surface area (TPSA) is 93.6 Å². The molecule has 1 aromatic heterocycles. The molecular formula is C10H11FN2O5S2. The van der Waals surface area contributed by atoms with Crippen LogP contribution in [0.3, 0.4) is 0 Å². The van der Waals surface area contributed by atoms with E-state index in [1.165, 1.54) is 17.5 Å². The highest BCUT2D eigenvalue weighted by molar-refractivity contribution is 7.86. The van der Waals surface area contributed by atoms with Gasteiger partial charge in [-0.25, -0.2) is 9.78 Å². The lowest BCUT2D eigenvalue weighted by Gasteiger charge is -2.14. The summed E-state index contributed by atoms with van der Waals surface area (Å²) in [6.45, 7) is 0.00963. The Balaban J connectivity index is 2.20. The van der Waals surface area contributed by atoms with Crippen LogP contribution in [0, 0.1) is 5.92 Å². The van der Waals surface area contributed by atoms with Crippen molar-refractivity contribution >= 4 is 39.3 Å². The monoisotopic (exact) mass is 322 g/mol. The number of ether oxygens (including phenoxy) is 1. The van der Waals surface area contributed by atoms with Crippen LogP contribution in [0.15, 0.2) is 5.51 Å². The third-order valence-corrected chi connectivity index (χ3v) is 4.48. The Bertz CT molecular complexity index is 642. The normalized spacial score (nSPS) is 19.4. The number of esters is 1. The van der Waals surface area contributed by atoms with Crippen LogP contribution >= 0.6 is 11.3 Å². The molecule has 7 nitrogen and oxygen atoms in total. The molecule has 1 fully saturated rings. The first-order chi connectivity index (χ1) is 9.31. The fourth-order valence-corrected chi connectivity index (χ4v) is 3.54. The van der Waals surface area contributed by atoms with E-state index in [4.69, 9.17) is 0 Å². The van der Waals surface area contributed by atoms with Gasteiger partial charge >= 0.3 is 16.2 Å². The van der Waals surface area contributed by atoms with Crippen molar-refractivity contribution < 1.29 is 26.6 Å². The zero-order valence-corrected chi connectivity index (χ0v) is 12.0. The molecule has 0 radical (unpaired) electrons. The van der Waals surface area contributed by atoms with Crippen molar-refractivity contribution in [1.29, 1.82) is 0 Å². The summed E-state index contributed by atoms with van der Waals surface area (Å²) in [6.07, 6.45) is -0.0959. The Kier molecular flexibility index (Phi) is 4.04. The lowest BCUT2D eigenvalue weighted by atomic mass is 10.1. The van der Waals surface area contributed by atoms with E-state index in [2.05, 4.69) is 9.72 Å². The fraction of sp³-hybridized carbons (Fsp3) is 0.500. The summed E-state index contributed by atoms with van der Waals surface area (Å²) in [6, 6.07) is 0. The van der Waals surface area contributed by atoms with E-state index in [9.17, 15) is 21.9 Å². The number of hydrogen-bond donors (Lipinski definition) is 0. The van der Waals surface area contributed by atoms with Crippen LogP contribution < -0.4 is 4.90 Å². The maximum atomic E-state index is 12.7. The first-order valence-corrected chi connectivity index (χ1v) is 7.99. The summed E-state index contributed by atoms with van der Waals surface area (Å²) < 4.78 is 38.5. The van der Waals surface area contributed by atoms with E-state index in [1.54, 1.807) is 0 Å². The molecule has 0 saturated carbocycles. The van der Waals surface area contributed by atoms with Gasteiger partial charge in [0.15, 0.2) is 10.7 Å². The second kappa shape index (κ2) is 5.44. The number of amides is 1. The summed E-state index contributed by atoms with van der Waals surface area (Å²) >= 11 is 1.01. The Labute approximate surface area is 118 Å². The van der Waals surface area contributed by atoms with Crippen molar-refractivity contribution in [2.75, 3.05) is 24.3 Å². The van der Waals surface area contributed by atoms with Crippen molar-refractivity contribution in [3.63, 3.8) is 0 Å². The van der Waals surface area contributed by atoms with Gasteiger partial charge in [0, 0.05) is 18.9 Å². The maximum absolute atomic E-state index is 12.7. The highest BCUT2D eigenvalue weighted by atomic mass is 32.3. The van der Waals surface area contributed by atoms with Gasteiger partial charge in [0.2, 0.25) is 5.91 Å². The largest absolute Gasteiger partial charge is 0.465 e. The zero-order valence-electron chi connectivity index (χ0n) is 10.4. The number of halogens is 1. The smallest absolute Gasteiger partial charge is 0.351 e. The van der Waals surface area contributed by atoms with E-state index >= 15 is 0 Å². The molecule has 0 aliphatic carbocycles. The highest BCUT2D eigenvalue weighted by Crippen LogP contribution is 2.30. The molecule has 1 aliphatic heterocycles. The van der Waals surface area contributed by atoms with Gasteiger partial charge in [0.1, 0.15) is 0 Å². The first-order valence-electron chi connectivity index (χ1n) is 5.56. The van der Waals surface area contributed by atoms with E-state index in [-0.39, 0.29) is 23.7 Å². The average molecular weight is 322 g/mol. The van der Waals surface area contributed by atoms with Crippen LogP contribution in [0.4, 0.5) is 9.70 Å². The molecule has 2 rings (SSSR count). The molecule has 2 heterocycles. The lowest BCUT2D eigenvalue weighted by Crippen LogP contribution is -2.27. The molecule has 1 aliphatic rings. The van der Waals surface area contributed by atoms with E-state index in [0.717, 1.165) is 11.3 Å². The summed E-state index contributed by atoms with van der Waals surface area (Å²) in [5.41, 5.74) is 1.38. The third-order valence-electron chi connectivity index (χ3n) is 2.81. The number of rotatable bonds is 4. The SMILES string of the molecule is COC(=O)c1scnc1N1CC(CS(=O)(=O)F)CC1=O. The predicted molar refractivity (Wildman–Crippen MR) is 68.8 cm³/mol. The van der Waals surface area contributed by atoms with Gasteiger partial charge < -0.3 is 4.74 Å². The maximum Gasteiger partial charge on any atom is 0.351 e. The van der Waals surface area contributed by atoms with Crippen LogP contribution in [-0.4, -0.2) is 44.7 Å².